The molecule has 0 aromatic heterocycles. The molecular weight excluding hydrogens is 385 g/mol. The SMILES string of the molecule is CS(=O)(=O)c1ccc(F)c(S(=O)(=O)N2CCC(CBr)C2)c1. The molecule has 21 heavy (non-hydrogen) atoms. The second-order valence-corrected chi connectivity index (χ2v) is 9.61. The molecule has 0 aliphatic carbocycles. The van der Waals surface area contributed by atoms with Gasteiger partial charge in [-0.25, -0.2) is 21.2 Å². The minimum atomic E-state index is -4.02. The Morgan fingerprint density at radius 3 is 2.52 bits per heavy atom. The first-order valence-corrected chi connectivity index (χ1v) is 10.7. The molecule has 0 spiro atoms. The van der Waals surface area contributed by atoms with Gasteiger partial charge in [-0.15, -0.1) is 0 Å². The van der Waals surface area contributed by atoms with Gasteiger partial charge in [0.05, 0.1) is 4.90 Å². The molecule has 1 atom stereocenters. The van der Waals surface area contributed by atoms with Crippen LogP contribution >= 0.6 is 15.9 Å². The van der Waals surface area contributed by atoms with Crippen LogP contribution in [0.5, 0.6) is 0 Å². The lowest BCUT2D eigenvalue weighted by molar-refractivity contribution is 0.459. The van der Waals surface area contributed by atoms with Crippen LogP contribution in [0.15, 0.2) is 28.0 Å². The van der Waals surface area contributed by atoms with Crippen molar-refractivity contribution in [2.45, 2.75) is 16.2 Å². The van der Waals surface area contributed by atoms with E-state index < -0.39 is 30.6 Å². The summed E-state index contributed by atoms with van der Waals surface area (Å²) in [4.78, 5) is -0.792. The number of alkyl halides is 1. The van der Waals surface area contributed by atoms with Crippen LogP contribution in [0.1, 0.15) is 6.42 Å². The highest BCUT2D eigenvalue weighted by Gasteiger charge is 2.34. The van der Waals surface area contributed by atoms with Gasteiger partial charge in [0, 0.05) is 24.7 Å². The third kappa shape index (κ3) is 3.46. The standard InChI is InChI=1S/C12H15BrFNO4S2/c1-20(16,17)10-2-3-11(14)12(6-10)21(18,19)15-5-4-9(7-13)8-15/h2-3,6,9H,4-5,7-8H2,1H3. The van der Waals surface area contributed by atoms with Crippen LogP contribution in [0.25, 0.3) is 0 Å². The largest absolute Gasteiger partial charge is 0.246 e. The molecule has 2 rings (SSSR count). The molecule has 0 radical (unpaired) electrons. The summed E-state index contributed by atoms with van der Waals surface area (Å²) in [6.07, 6.45) is 1.64. The van der Waals surface area contributed by atoms with E-state index in [1.807, 2.05) is 0 Å². The molecule has 9 heteroatoms. The summed E-state index contributed by atoms with van der Waals surface area (Å²) in [7, 11) is -7.62. The third-order valence-corrected chi connectivity index (χ3v) is 7.32. The van der Waals surface area contributed by atoms with Crippen LogP contribution in [0, 0.1) is 11.7 Å². The number of hydrogen-bond acceptors (Lipinski definition) is 4. The molecule has 0 N–H and O–H groups in total. The van der Waals surface area contributed by atoms with Crippen molar-refractivity contribution >= 4 is 35.8 Å². The zero-order chi connectivity index (χ0) is 15.8. The number of sulfone groups is 1. The Morgan fingerprint density at radius 2 is 2.00 bits per heavy atom. The molecule has 1 saturated heterocycles. The van der Waals surface area contributed by atoms with E-state index in [1.54, 1.807) is 0 Å². The molecule has 118 valence electrons. The Bertz CT molecular complexity index is 749. The van der Waals surface area contributed by atoms with E-state index in [-0.39, 0.29) is 10.8 Å². The Hall–Kier alpha value is -0.510. The van der Waals surface area contributed by atoms with Gasteiger partial charge in [0.2, 0.25) is 10.0 Å². The minimum absolute atomic E-state index is 0.181. The van der Waals surface area contributed by atoms with Gasteiger partial charge in [-0.2, -0.15) is 4.31 Å². The Labute approximate surface area is 132 Å². The second-order valence-electron chi connectivity index (χ2n) is 5.04. The van der Waals surface area contributed by atoms with Crippen LogP contribution in [-0.4, -0.2) is 45.8 Å². The summed E-state index contributed by atoms with van der Waals surface area (Å²) in [6.45, 7) is 0.608. The molecule has 1 fully saturated rings. The summed E-state index contributed by atoms with van der Waals surface area (Å²) < 4.78 is 63.0. The fourth-order valence-corrected chi connectivity index (χ4v) is 5.06. The smallest absolute Gasteiger partial charge is 0.224 e. The zero-order valence-electron chi connectivity index (χ0n) is 11.3. The minimum Gasteiger partial charge on any atom is -0.224 e. The Morgan fingerprint density at radius 1 is 1.33 bits per heavy atom. The molecule has 0 saturated carbocycles. The summed E-state index contributed by atoms with van der Waals surface area (Å²) in [5, 5.41) is 0.672. The molecule has 1 heterocycles. The number of halogens is 2. The lowest BCUT2D eigenvalue weighted by atomic mass is 10.2. The van der Waals surface area contributed by atoms with Crippen LogP contribution < -0.4 is 0 Å². The molecule has 0 bridgehead atoms. The maximum absolute atomic E-state index is 13.9. The molecule has 5 nitrogen and oxygen atoms in total. The average Bonchev–Trinajstić information content (AvgIpc) is 2.87. The summed E-state index contributed by atoms with van der Waals surface area (Å²) >= 11 is 3.30. The Balaban J connectivity index is 2.45. The highest BCUT2D eigenvalue weighted by Crippen LogP contribution is 2.28. The summed E-state index contributed by atoms with van der Waals surface area (Å²) in [6, 6.07) is 2.83. The van der Waals surface area contributed by atoms with Gasteiger partial charge in [0.1, 0.15) is 10.7 Å². The van der Waals surface area contributed by atoms with Crippen molar-refractivity contribution < 1.29 is 21.2 Å². The van der Waals surface area contributed by atoms with Crippen molar-refractivity contribution in [3.05, 3.63) is 24.0 Å². The molecular formula is C12H15BrFNO4S2. The van der Waals surface area contributed by atoms with E-state index in [9.17, 15) is 21.2 Å². The van der Waals surface area contributed by atoms with Crippen molar-refractivity contribution in [3.63, 3.8) is 0 Å². The predicted octanol–water partition coefficient (Wildman–Crippen LogP) is 1.63. The molecule has 0 amide bonds. The maximum atomic E-state index is 13.9. The number of sulfonamides is 1. The van der Waals surface area contributed by atoms with E-state index in [2.05, 4.69) is 15.9 Å². The molecule has 1 unspecified atom stereocenters. The van der Waals surface area contributed by atoms with Crippen LogP contribution in [-0.2, 0) is 19.9 Å². The molecule has 1 aromatic rings. The van der Waals surface area contributed by atoms with Gasteiger partial charge in [0.25, 0.3) is 0 Å². The van der Waals surface area contributed by atoms with E-state index in [0.29, 0.717) is 24.8 Å². The maximum Gasteiger partial charge on any atom is 0.246 e. The van der Waals surface area contributed by atoms with E-state index in [4.69, 9.17) is 0 Å². The van der Waals surface area contributed by atoms with E-state index >= 15 is 0 Å². The van der Waals surface area contributed by atoms with Gasteiger partial charge >= 0.3 is 0 Å². The van der Waals surface area contributed by atoms with Gasteiger partial charge < -0.3 is 0 Å². The van der Waals surface area contributed by atoms with Gasteiger partial charge in [-0.1, -0.05) is 15.9 Å². The van der Waals surface area contributed by atoms with Gasteiger partial charge in [0.15, 0.2) is 9.84 Å². The molecule has 1 aromatic carbocycles. The number of nitrogens with zero attached hydrogens (tertiary/aromatic N) is 1. The van der Waals surface area contributed by atoms with E-state index in [0.717, 1.165) is 24.5 Å². The normalized spacial score (nSPS) is 20.8. The first-order chi connectivity index (χ1) is 9.66. The lowest BCUT2D eigenvalue weighted by Crippen LogP contribution is -2.30. The fraction of sp³-hybridized carbons (Fsp3) is 0.500. The molecule has 1 aliphatic rings. The van der Waals surface area contributed by atoms with Crippen LogP contribution in [0.4, 0.5) is 4.39 Å². The van der Waals surface area contributed by atoms with Crippen LogP contribution in [0.3, 0.4) is 0 Å². The van der Waals surface area contributed by atoms with Crippen molar-refractivity contribution in [2.75, 3.05) is 24.7 Å². The summed E-state index contributed by atoms with van der Waals surface area (Å²) in [5.41, 5.74) is 0. The summed E-state index contributed by atoms with van der Waals surface area (Å²) in [5.74, 6) is -0.759. The lowest BCUT2D eigenvalue weighted by Gasteiger charge is -2.17. The average molecular weight is 400 g/mol. The predicted molar refractivity (Wildman–Crippen MR) is 80.2 cm³/mol. The van der Waals surface area contributed by atoms with E-state index in [1.165, 1.54) is 4.31 Å². The molecule has 1 aliphatic heterocycles. The van der Waals surface area contributed by atoms with Gasteiger partial charge in [-0.05, 0) is 30.5 Å². The number of rotatable bonds is 4. The topological polar surface area (TPSA) is 71.5 Å². The monoisotopic (exact) mass is 399 g/mol. The van der Waals surface area contributed by atoms with Crippen molar-refractivity contribution in [1.82, 2.24) is 4.31 Å². The second kappa shape index (κ2) is 5.94. The van der Waals surface area contributed by atoms with Crippen molar-refractivity contribution in [3.8, 4) is 0 Å². The van der Waals surface area contributed by atoms with Crippen molar-refractivity contribution in [1.29, 1.82) is 0 Å². The zero-order valence-corrected chi connectivity index (χ0v) is 14.5. The number of benzene rings is 1. The van der Waals surface area contributed by atoms with Crippen molar-refractivity contribution in [2.24, 2.45) is 5.92 Å². The third-order valence-electron chi connectivity index (χ3n) is 3.42. The highest BCUT2D eigenvalue weighted by atomic mass is 79.9. The van der Waals surface area contributed by atoms with Crippen LogP contribution in [0.2, 0.25) is 0 Å². The van der Waals surface area contributed by atoms with Gasteiger partial charge in [-0.3, -0.25) is 0 Å². The first kappa shape index (κ1) is 16.9. The Kier molecular flexibility index (Phi) is 4.77. The highest BCUT2D eigenvalue weighted by molar-refractivity contribution is 9.09. The number of hydrogen-bond donors (Lipinski definition) is 0. The first-order valence-electron chi connectivity index (χ1n) is 6.22. The quantitative estimate of drug-likeness (QED) is 0.569. The fourth-order valence-electron chi connectivity index (χ4n) is 2.19.